The Bertz CT molecular complexity index is 293. The van der Waals surface area contributed by atoms with E-state index in [4.69, 9.17) is 4.74 Å². The molecule has 1 N–H and O–H groups in total. The zero-order chi connectivity index (χ0) is 13.2. The second-order valence-electron chi connectivity index (χ2n) is 6.86. The van der Waals surface area contributed by atoms with Gasteiger partial charge in [0.2, 0.25) is 0 Å². The van der Waals surface area contributed by atoms with Crippen LogP contribution in [0, 0.1) is 17.8 Å². The van der Waals surface area contributed by atoms with E-state index in [9.17, 15) is 0 Å². The Balaban J connectivity index is 1.88. The van der Waals surface area contributed by atoms with Gasteiger partial charge in [0.25, 0.3) is 0 Å². The van der Waals surface area contributed by atoms with Gasteiger partial charge in [-0.15, -0.1) is 0 Å². The highest BCUT2D eigenvalue weighted by atomic mass is 16.5. The number of rotatable bonds is 4. The minimum atomic E-state index is 0.0161. The molecule has 0 aromatic heterocycles. The fourth-order valence-electron chi connectivity index (χ4n) is 3.18. The highest BCUT2D eigenvalue weighted by molar-refractivity contribution is 5.61. The third-order valence-corrected chi connectivity index (χ3v) is 4.54. The predicted molar refractivity (Wildman–Crippen MR) is 75.7 cm³/mol. The van der Waals surface area contributed by atoms with Crippen LogP contribution in [0.25, 0.3) is 0 Å². The molecule has 18 heavy (non-hydrogen) atoms. The summed E-state index contributed by atoms with van der Waals surface area (Å²) in [6, 6.07) is 0. The zero-order valence-corrected chi connectivity index (χ0v) is 12.3. The molecule has 0 radical (unpaired) electrons. The number of hydrogen-bond donors (Lipinski definition) is 1. The summed E-state index contributed by atoms with van der Waals surface area (Å²) in [5.74, 6) is 2.26. The van der Waals surface area contributed by atoms with E-state index in [1.165, 1.54) is 19.3 Å². The van der Waals surface area contributed by atoms with E-state index >= 15 is 0 Å². The van der Waals surface area contributed by atoms with Gasteiger partial charge in [0.1, 0.15) is 0 Å². The number of ether oxygens (including phenoxy) is 1. The van der Waals surface area contributed by atoms with Crippen molar-refractivity contribution in [2.24, 2.45) is 22.9 Å². The minimum absolute atomic E-state index is 0.0161. The lowest BCUT2D eigenvalue weighted by Gasteiger charge is -2.38. The van der Waals surface area contributed by atoms with Crippen LogP contribution in [0.2, 0.25) is 0 Å². The van der Waals surface area contributed by atoms with Crippen LogP contribution in [0.5, 0.6) is 0 Å². The summed E-state index contributed by atoms with van der Waals surface area (Å²) in [7, 11) is 0. The summed E-state index contributed by atoms with van der Waals surface area (Å²) in [4.78, 5) is 0. The van der Waals surface area contributed by atoms with Crippen molar-refractivity contribution in [2.75, 3.05) is 6.61 Å². The lowest BCUT2D eigenvalue weighted by molar-refractivity contribution is -0.0566. The first-order valence-corrected chi connectivity index (χ1v) is 7.40. The van der Waals surface area contributed by atoms with Gasteiger partial charge in [0.15, 0.2) is 0 Å². The molecule has 3 heteroatoms. The largest absolute Gasteiger partial charge is 0.375 e. The van der Waals surface area contributed by atoms with Crippen molar-refractivity contribution in [1.82, 2.24) is 5.43 Å². The molecule has 1 aliphatic carbocycles. The molecule has 4 atom stereocenters. The maximum absolute atomic E-state index is 6.27. The summed E-state index contributed by atoms with van der Waals surface area (Å²) in [6.07, 6.45) is 7.27. The lowest BCUT2D eigenvalue weighted by Crippen LogP contribution is -2.44. The van der Waals surface area contributed by atoms with Crippen molar-refractivity contribution >= 4 is 6.21 Å². The number of nitrogens with zero attached hydrogens (tertiary/aromatic N) is 1. The van der Waals surface area contributed by atoms with Gasteiger partial charge < -0.3 is 10.2 Å². The average Bonchev–Trinajstić information content (AvgIpc) is 2.74. The zero-order valence-electron chi connectivity index (χ0n) is 12.3. The Kier molecular flexibility index (Phi) is 4.31. The van der Waals surface area contributed by atoms with Crippen molar-refractivity contribution in [2.45, 2.75) is 65.0 Å². The van der Waals surface area contributed by atoms with Crippen molar-refractivity contribution < 1.29 is 4.74 Å². The first-order valence-electron chi connectivity index (χ1n) is 7.40. The summed E-state index contributed by atoms with van der Waals surface area (Å²) in [5.41, 5.74) is 3.19. The van der Waals surface area contributed by atoms with E-state index in [1.807, 2.05) is 6.21 Å². The molecule has 0 spiro atoms. The average molecular weight is 252 g/mol. The van der Waals surface area contributed by atoms with E-state index in [0.29, 0.717) is 6.10 Å². The van der Waals surface area contributed by atoms with Crippen LogP contribution in [-0.4, -0.2) is 24.5 Å². The predicted octanol–water partition coefficient (Wildman–Crippen LogP) is 3.20. The van der Waals surface area contributed by atoms with E-state index in [2.05, 4.69) is 38.2 Å². The standard InChI is InChI=1S/C15H28N2O/c1-11(2)13-6-5-12(3)9-14(13)18-10-15(4)7-8-16-17-15/h8,11-14,17H,5-7,9-10H2,1-4H3/t12-,13+,14-,15?/m1/s1. The van der Waals surface area contributed by atoms with Gasteiger partial charge in [-0.3, -0.25) is 0 Å². The molecule has 1 unspecified atom stereocenters. The van der Waals surface area contributed by atoms with Crippen molar-refractivity contribution in [1.29, 1.82) is 0 Å². The van der Waals surface area contributed by atoms with E-state index in [0.717, 1.165) is 30.8 Å². The summed E-state index contributed by atoms with van der Waals surface area (Å²) in [5, 5.41) is 4.11. The smallest absolute Gasteiger partial charge is 0.0803 e. The Morgan fingerprint density at radius 2 is 2.22 bits per heavy atom. The fraction of sp³-hybridized carbons (Fsp3) is 0.933. The highest BCUT2D eigenvalue weighted by Crippen LogP contribution is 2.35. The monoisotopic (exact) mass is 252 g/mol. The lowest BCUT2D eigenvalue weighted by atomic mass is 9.75. The first-order chi connectivity index (χ1) is 8.50. The third-order valence-electron chi connectivity index (χ3n) is 4.54. The summed E-state index contributed by atoms with van der Waals surface area (Å²) >= 11 is 0. The van der Waals surface area contributed by atoms with Crippen molar-refractivity contribution in [3.8, 4) is 0 Å². The maximum Gasteiger partial charge on any atom is 0.0803 e. The van der Waals surface area contributed by atoms with Crippen LogP contribution in [-0.2, 0) is 4.74 Å². The van der Waals surface area contributed by atoms with Gasteiger partial charge in [0, 0.05) is 12.6 Å². The van der Waals surface area contributed by atoms with Gasteiger partial charge in [-0.25, -0.2) is 0 Å². The molecule has 0 aromatic rings. The Morgan fingerprint density at radius 3 is 2.83 bits per heavy atom. The number of nitrogens with one attached hydrogen (secondary N) is 1. The Morgan fingerprint density at radius 1 is 1.44 bits per heavy atom. The second-order valence-corrected chi connectivity index (χ2v) is 6.86. The van der Waals surface area contributed by atoms with Crippen LogP contribution in [0.3, 0.4) is 0 Å². The molecule has 0 bridgehead atoms. The molecule has 1 heterocycles. The van der Waals surface area contributed by atoms with Crippen LogP contribution in [0.1, 0.15) is 53.4 Å². The van der Waals surface area contributed by atoms with Gasteiger partial charge in [-0.2, -0.15) is 5.10 Å². The molecule has 3 nitrogen and oxygen atoms in total. The molecule has 2 aliphatic rings. The van der Waals surface area contributed by atoms with Crippen LogP contribution < -0.4 is 5.43 Å². The topological polar surface area (TPSA) is 33.6 Å². The molecular formula is C15H28N2O. The second kappa shape index (κ2) is 5.60. The van der Waals surface area contributed by atoms with Crippen LogP contribution >= 0.6 is 0 Å². The molecule has 1 saturated carbocycles. The Labute approximate surface area is 111 Å². The third kappa shape index (κ3) is 3.25. The Hall–Kier alpha value is -0.570. The summed E-state index contributed by atoms with van der Waals surface area (Å²) < 4.78 is 6.27. The van der Waals surface area contributed by atoms with E-state index in [-0.39, 0.29) is 5.54 Å². The molecular weight excluding hydrogens is 224 g/mol. The summed E-state index contributed by atoms with van der Waals surface area (Å²) in [6.45, 7) is 9.97. The maximum atomic E-state index is 6.27. The van der Waals surface area contributed by atoms with Gasteiger partial charge >= 0.3 is 0 Å². The molecule has 2 rings (SSSR count). The fourth-order valence-corrected chi connectivity index (χ4v) is 3.18. The van der Waals surface area contributed by atoms with Gasteiger partial charge in [-0.05, 0) is 37.5 Å². The molecule has 0 amide bonds. The normalized spacial score (nSPS) is 40.2. The van der Waals surface area contributed by atoms with Crippen LogP contribution in [0.4, 0.5) is 0 Å². The SMILES string of the molecule is CC(C)[C@@H]1CC[C@@H](C)C[C@H]1OCC1(C)CC=NN1. The molecule has 0 aromatic carbocycles. The number of hydrogen-bond acceptors (Lipinski definition) is 3. The molecule has 1 fully saturated rings. The van der Waals surface area contributed by atoms with Crippen molar-refractivity contribution in [3.05, 3.63) is 0 Å². The number of hydrazone groups is 1. The van der Waals surface area contributed by atoms with E-state index < -0.39 is 0 Å². The molecule has 0 saturated heterocycles. The first kappa shape index (κ1) is 13.9. The van der Waals surface area contributed by atoms with Crippen LogP contribution in [0.15, 0.2) is 5.10 Å². The van der Waals surface area contributed by atoms with E-state index in [1.54, 1.807) is 0 Å². The highest BCUT2D eigenvalue weighted by Gasteiger charge is 2.34. The molecule has 104 valence electrons. The van der Waals surface area contributed by atoms with Crippen molar-refractivity contribution in [3.63, 3.8) is 0 Å². The van der Waals surface area contributed by atoms with Gasteiger partial charge in [-0.1, -0.05) is 27.2 Å². The molecule has 1 aliphatic heterocycles. The van der Waals surface area contributed by atoms with Gasteiger partial charge in [0.05, 0.1) is 18.2 Å². The quantitative estimate of drug-likeness (QED) is 0.833. The minimum Gasteiger partial charge on any atom is -0.375 e.